The van der Waals surface area contributed by atoms with E-state index >= 15 is 0 Å². The third kappa shape index (κ3) is 4.41. The molecule has 3 aromatic carbocycles. The van der Waals surface area contributed by atoms with Crippen molar-refractivity contribution < 1.29 is 9.53 Å². The van der Waals surface area contributed by atoms with E-state index in [1.807, 2.05) is 36.4 Å². The van der Waals surface area contributed by atoms with Gasteiger partial charge in [0.1, 0.15) is 0 Å². The maximum absolute atomic E-state index is 12.9. The minimum Gasteiger partial charge on any atom is -0.376 e. The molecule has 0 atom stereocenters. The zero-order valence-corrected chi connectivity index (χ0v) is 16.8. The van der Waals surface area contributed by atoms with E-state index in [0.717, 1.165) is 24.0 Å². The first-order chi connectivity index (χ1) is 14.2. The summed E-state index contributed by atoms with van der Waals surface area (Å²) in [4.78, 5) is 12.9. The monoisotopic (exact) mass is 385 g/mol. The van der Waals surface area contributed by atoms with E-state index in [1.54, 1.807) is 7.11 Å². The average Bonchev–Trinajstić information content (AvgIpc) is 3.16. The highest BCUT2D eigenvalue weighted by Crippen LogP contribution is 2.32. The highest BCUT2D eigenvalue weighted by atomic mass is 16.5. The quantitative estimate of drug-likeness (QED) is 0.650. The van der Waals surface area contributed by atoms with Crippen LogP contribution in [-0.4, -0.2) is 25.2 Å². The topological polar surface area (TPSA) is 38.3 Å². The van der Waals surface area contributed by atoms with Gasteiger partial charge in [-0.2, -0.15) is 0 Å². The molecule has 3 aromatic rings. The number of fused-ring (bicyclic) bond motifs is 1. The van der Waals surface area contributed by atoms with Crippen molar-refractivity contribution in [2.45, 2.75) is 30.8 Å². The predicted octanol–water partition coefficient (Wildman–Crippen LogP) is 4.51. The Labute approximate surface area is 172 Å². The molecule has 0 spiro atoms. The molecule has 1 N–H and O–H groups in total. The Kier molecular flexibility index (Phi) is 5.77. The van der Waals surface area contributed by atoms with E-state index in [1.165, 1.54) is 11.1 Å². The van der Waals surface area contributed by atoms with E-state index in [0.29, 0.717) is 13.0 Å². The molecule has 29 heavy (non-hydrogen) atoms. The van der Waals surface area contributed by atoms with Gasteiger partial charge >= 0.3 is 0 Å². The lowest BCUT2D eigenvalue weighted by Crippen LogP contribution is -2.45. The fourth-order valence-electron chi connectivity index (χ4n) is 4.32. The molecule has 0 saturated heterocycles. The van der Waals surface area contributed by atoms with Crippen LogP contribution in [-0.2, 0) is 22.4 Å². The molecule has 148 valence electrons. The molecule has 0 radical (unpaired) electrons. The minimum atomic E-state index is -0.353. The van der Waals surface area contributed by atoms with E-state index in [2.05, 4.69) is 53.8 Å². The smallest absolute Gasteiger partial charge is 0.221 e. The van der Waals surface area contributed by atoms with Crippen molar-refractivity contribution in [3.8, 4) is 0 Å². The van der Waals surface area contributed by atoms with Gasteiger partial charge in [-0.05, 0) is 22.3 Å². The van der Waals surface area contributed by atoms with Crippen molar-refractivity contribution in [1.82, 2.24) is 5.32 Å². The lowest BCUT2D eigenvalue weighted by atomic mass is 9.88. The number of hydrogen-bond acceptors (Lipinski definition) is 2. The van der Waals surface area contributed by atoms with Crippen LogP contribution in [0, 0.1) is 0 Å². The molecular weight excluding hydrogens is 358 g/mol. The van der Waals surface area contributed by atoms with Gasteiger partial charge in [-0.25, -0.2) is 0 Å². The van der Waals surface area contributed by atoms with Gasteiger partial charge in [0, 0.05) is 38.8 Å². The molecule has 3 nitrogen and oxygen atoms in total. The summed E-state index contributed by atoms with van der Waals surface area (Å²) in [7, 11) is 1.74. The summed E-state index contributed by atoms with van der Waals surface area (Å²) in [6, 6.07) is 28.9. The average molecular weight is 386 g/mol. The molecular formula is C26H27NO2. The summed E-state index contributed by atoms with van der Waals surface area (Å²) in [6.07, 6.45) is 2.09. The number of carbonyl (C=O) groups excluding carboxylic acids is 1. The normalized spacial score (nSPS) is 14.6. The standard InChI is InChI=1S/C26H27NO2/c1-29-26(17-22-14-8-9-15-23(22)18-26)19-27-25(28)16-24(20-10-4-2-5-11-20)21-12-6-3-7-13-21/h2-15,24H,16-19H2,1H3,(H,27,28). The number of rotatable bonds is 7. The van der Waals surface area contributed by atoms with Crippen molar-refractivity contribution in [3.05, 3.63) is 107 Å². The van der Waals surface area contributed by atoms with E-state index < -0.39 is 0 Å². The number of nitrogens with one attached hydrogen (secondary N) is 1. The third-order valence-electron chi connectivity index (χ3n) is 5.98. The van der Waals surface area contributed by atoms with Gasteiger partial charge in [0.25, 0.3) is 0 Å². The lowest BCUT2D eigenvalue weighted by molar-refractivity contribution is -0.122. The summed E-state index contributed by atoms with van der Waals surface area (Å²) in [5.74, 6) is 0.0896. The maximum atomic E-state index is 12.9. The fraction of sp³-hybridized carbons (Fsp3) is 0.269. The van der Waals surface area contributed by atoms with Gasteiger partial charge < -0.3 is 10.1 Å². The molecule has 0 heterocycles. The lowest BCUT2D eigenvalue weighted by Gasteiger charge is -2.28. The van der Waals surface area contributed by atoms with E-state index in [-0.39, 0.29) is 17.4 Å². The molecule has 0 aliphatic heterocycles. The Balaban J connectivity index is 1.45. The van der Waals surface area contributed by atoms with E-state index in [4.69, 9.17) is 4.74 Å². The van der Waals surface area contributed by atoms with Crippen LogP contribution in [0.2, 0.25) is 0 Å². The van der Waals surface area contributed by atoms with Crippen LogP contribution < -0.4 is 5.32 Å². The molecule has 0 unspecified atom stereocenters. The number of hydrogen-bond donors (Lipinski definition) is 1. The largest absolute Gasteiger partial charge is 0.376 e. The summed E-state index contributed by atoms with van der Waals surface area (Å²) in [5, 5.41) is 3.16. The summed E-state index contributed by atoms with van der Waals surface area (Å²) >= 11 is 0. The van der Waals surface area contributed by atoms with Gasteiger partial charge in [-0.3, -0.25) is 4.79 Å². The van der Waals surface area contributed by atoms with Crippen LogP contribution in [0.5, 0.6) is 0 Å². The van der Waals surface area contributed by atoms with Gasteiger partial charge in [-0.1, -0.05) is 84.9 Å². The first-order valence-electron chi connectivity index (χ1n) is 10.2. The van der Waals surface area contributed by atoms with Gasteiger partial charge in [-0.15, -0.1) is 0 Å². The van der Waals surface area contributed by atoms with Crippen LogP contribution in [0.4, 0.5) is 0 Å². The molecule has 0 fully saturated rings. The molecule has 3 heteroatoms. The fourth-order valence-corrected chi connectivity index (χ4v) is 4.32. The summed E-state index contributed by atoms with van der Waals surface area (Å²) in [6.45, 7) is 0.521. The SMILES string of the molecule is COC1(CNC(=O)CC(c2ccccc2)c2ccccc2)Cc2ccccc2C1. The van der Waals surface area contributed by atoms with Gasteiger partial charge in [0.2, 0.25) is 5.91 Å². The van der Waals surface area contributed by atoms with Crippen LogP contribution in [0.3, 0.4) is 0 Å². The number of methoxy groups -OCH3 is 1. The molecule has 1 aliphatic rings. The highest BCUT2D eigenvalue weighted by Gasteiger charge is 2.37. The second-order valence-corrected chi connectivity index (χ2v) is 7.86. The third-order valence-corrected chi connectivity index (χ3v) is 5.98. The number of amides is 1. The molecule has 1 aliphatic carbocycles. The zero-order chi connectivity index (χ0) is 20.1. The first kappa shape index (κ1) is 19.4. The Morgan fingerprint density at radius 2 is 1.34 bits per heavy atom. The Bertz CT molecular complexity index is 888. The Hall–Kier alpha value is -2.91. The second kappa shape index (κ2) is 8.62. The van der Waals surface area contributed by atoms with E-state index in [9.17, 15) is 4.79 Å². The predicted molar refractivity (Wildman–Crippen MR) is 116 cm³/mol. The zero-order valence-electron chi connectivity index (χ0n) is 16.8. The van der Waals surface area contributed by atoms with Crippen LogP contribution in [0.15, 0.2) is 84.9 Å². The van der Waals surface area contributed by atoms with Crippen LogP contribution >= 0.6 is 0 Å². The molecule has 0 aromatic heterocycles. The Morgan fingerprint density at radius 1 is 0.862 bits per heavy atom. The summed E-state index contributed by atoms with van der Waals surface area (Å²) in [5.41, 5.74) is 4.59. The van der Waals surface area contributed by atoms with Crippen molar-refractivity contribution in [2.24, 2.45) is 0 Å². The Morgan fingerprint density at radius 3 is 1.83 bits per heavy atom. The maximum Gasteiger partial charge on any atom is 0.221 e. The van der Waals surface area contributed by atoms with Gasteiger partial charge in [0.15, 0.2) is 0 Å². The van der Waals surface area contributed by atoms with Crippen molar-refractivity contribution in [1.29, 1.82) is 0 Å². The number of benzene rings is 3. The van der Waals surface area contributed by atoms with Crippen LogP contribution in [0.1, 0.15) is 34.6 Å². The molecule has 1 amide bonds. The molecule has 0 bridgehead atoms. The molecule has 0 saturated carbocycles. The molecule has 4 rings (SSSR count). The summed E-state index contributed by atoms with van der Waals surface area (Å²) < 4.78 is 5.89. The van der Waals surface area contributed by atoms with Crippen molar-refractivity contribution in [2.75, 3.05) is 13.7 Å². The van der Waals surface area contributed by atoms with Crippen LogP contribution in [0.25, 0.3) is 0 Å². The number of ether oxygens (including phenoxy) is 1. The minimum absolute atomic E-state index is 0.0386. The van der Waals surface area contributed by atoms with Crippen molar-refractivity contribution in [3.63, 3.8) is 0 Å². The van der Waals surface area contributed by atoms with Gasteiger partial charge in [0.05, 0.1) is 5.60 Å². The second-order valence-electron chi connectivity index (χ2n) is 7.86. The highest BCUT2D eigenvalue weighted by molar-refractivity contribution is 5.77. The first-order valence-corrected chi connectivity index (χ1v) is 10.2. The number of carbonyl (C=O) groups is 1. The van der Waals surface area contributed by atoms with Crippen molar-refractivity contribution >= 4 is 5.91 Å².